The predicted molar refractivity (Wildman–Crippen MR) is 134 cm³/mol. The van der Waals surface area contributed by atoms with E-state index in [9.17, 15) is 14.4 Å². The predicted octanol–water partition coefficient (Wildman–Crippen LogP) is 3.84. The van der Waals surface area contributed by atoms with Crippen LogP contribution >= 0.6 is 0 Å². The molecule has 0 spiro atoms. The van der Waals surface area contributed by atoms with Gasteiger partial charge in [0.2, 0.25) is 6.41 Å². The Hall–Kier alpha value is -2.93. The fourth-order valence-corrected chi connectivity index (χ4v) is 3.38. The van der Waals surface area contributed by atoms with Crippen LogP contribution in [0.5, 0.6) is 0 Å². The van der Waals surface area contributed by atoms with E-state index in [1.165, 1.54) is 17.4 Å². The molecule has 1 aromatic carbocycles. The van der Waals surface area contributed by atoms with Crippen molar-refractivity contribution in [1.82, 2.24) is 9.80 Å². The molecule has 7 heteroatoms. The van der Waals surface area contributed by atoms with Gasteiger partial charge in [-0.05, 0) is 45.5 Å². The Morgan fingerprint density at radius 1 is 1.00 bits per heavy atom. The van der Waals surface area contributed by atoms with Crippen molar-refractivity contribution in [3.63, 3.8) is 0 Å². The maximum absolute atomic E-state index is 12.8. The van der Waals surface area contributed by atoms with Crippen molar-refractivity contribution in [3.8, 4) is 0 Å². The van der Waals surface area contributed by atoms with Crippen LogP contribution in [0.25, 0.3) is 0 Å². The van der Waals surface area contributed by atoms with E-state index < -0.39 is 24.2 Å². The van der Waals surface area contributed by atoms with Crippen molar-refractivity contribution in [1.29, 1.82) is 0 Å². The Morgan fingerprint density at radius 3 is 2.21 bits per heavy atom. The van der Waals surface area contributed by atoms with Crippen LogP contribution < -0.4 is 0 Å². The minimum Gasteiger partial charge on any atom is -0.461 e. The average molecular weight is 473 g/mol. The lowest BCUT2D eigenvalue weighted by atomic mass is 9.88. The van der Waals surface area contributed by atoms with E-state index in [1.54, 1.807) is 31.1 Å². The number of aryl methyl sites for hydroxylation is 1. The molecule has 0 aliphatic heterocycles. The second kappa shape index (κ2) is 15.1. The van der Waals surface area contributed by atoms with E-state index in [1.807, 2.05) is 58.3 Å². The minimum atomic E-state index is -0.588. The Labute approximate surface area is 204 Å². The van der Waals surface area contributed by atoms with Crippen molar-refractivity contribution >= 4 is 18.3 Å². The van der Waals surface area contributed by atoms with Crippen LogP contribution in [0.4, 0.5) is 0 Å². The first-order valence-corrected chi connectivity index (χ1v) is 11.7. The third-order valence-corrected chi connectivity index (χ3v) is 5.78. The summed E-state index contributed by atoms with van der Waals surface area (Å²) in [7, 11) is 5.26. The second-order valence-corrected chi connectivity index (χ2v) is 8.90. The van der Waals surface area contributed by atoms with Gasteiger partial charge in [-0.25, -0.2) is 0 Å². The Morgan fingerprint density at radius 2 is 1.65 bits per heavy atom. The molecule has 0 saturated carbocycles. The molecule has 0 saturated heterocycles. The number of benzene rings is 1. The van der Waals surface area contributed by atoms with Crippen LogP contribution in [0.3, 0.4) is 0 Å². The van der Waals surface area contributed by atoms with Crippen molar-refractivity contribution in [2.75, 3.05) is 21.1 Å². The fraction of sp³-hybridized carbons (Fsp3) is 0.519. The van der Waals surface area contributed by atoms with Gasteiger partial charge < -0.3 is 14.4 Å². The Bertz CT molecular complexity index is 822. The van der Waals surface area contributed by atoms with Crippen molar-refractivity contribution in [2.45, 2.75) is 58.8 Å². The zero-order valence-electron chi connectivity index (χ0n) is 21.5. The van der Waals surface area contributed by atoms with Crippen molar-refractivity contribution in [2.24, 2.45) is 11.8 Å². The fourth-order valence-electron chi connectivity index (χ4n) is 3.38. The monoisotopic (exact) mass is 472 g/mol. The summed E-state index contributed by atoms with van der Waals surface area (Å²) in [5.41, 5.74) is 1.23. The van der Waals surface area contributed by atoms with Gasteiger partial charge in [0.1, 0.15) is 18.2 Å². The van der Waals surface area contributed by atoms with Crippen molar-refractivity contribution < 1.29 is 23.9 Å². The second-order valence-electron chi connectivity index (χ2n) is 8.90. The van der Waals surface area contributed by atoms with Crippen LogP contribution in [0.1, 0.15) is 39.7 Å². The molecule has 7 nitrogen and oxygen atoms in total. The van der Waals surface area contributed by atoms with E-state index in [-0.39, 0.29) is 17.8 Å². The molecule has 188 valence electrons. The number of rotatable bonds is 14. The number of hydrogen-bond donors (Lipinski definition) is 0. The smallest absolute Gasteiger partial charge is 0.323 e. The highest BCUT2D eigenvalue weighted by Gasteiger charge is 2.33. The highest BCUT2D eigenvalue weighted by Crippen LogP contribution is 2.25. The van der Waals surface area contributed by atoms with E-state index in [0.29, 0.717) is 6.41 Å². The SMILES string of the molecule is CC(=O)O[C@@H]([C@@H](C)[C@@H](/C=C/CCc1ccccc1)OC(=O)[C@H](C)N(C)C)[C@H](C)/C=C/N(C)C=O. The maximum Gasteiger partial charge on any atom is 0.323 e. The molecule has 0 heterocycles. The number of hydrogen-bond acceptors (Lipinski definition) is 6. The highest BCUT2D eigenvalue weighted by molar-refractivity contribution is 5.75. The third-order valence-electron chi connectivity index (χ3n) is 5.78. The highest BCUT2D eigenvalue weighted by atomic mass is 16.6. The molecule has 0 unspecified atom stereocenters. The van der Waals surface area contributed by atoms with Gasteiger partial charge in [0, 0.05) is 32.0 Å². The van der Waals surface area contributed by atoms with Gasteiger partial charge in [-0.2, -0.15) is 0 Å². The number of ether oxygens (including phenoxy) is 2. The number of esters is 2. The third kappa shape index (κ3) is 10.3. The zero-order valence-corrected chi connectivity index (χ0v) is 21.5. The lowest BCUT2D eigenvalue weighted by Crippen LogP contribution is -2.42. The topological polar surface area (TPSA) is 76.2 Å². The first kappa shape index (κ1) is 29.1. The number of carbonyl (C=O) groups excluding carboxylic acids is 3. The van der Waals surface area contributed by atoms with Crippen LogP contribution in [-0.2, 0) is 30.3 Å². The number of allylic oxidation sites excluding steroid dienone is 1. The van der Waals surface area contributed by atoms with Crippen LogP contribution in [0, 0.1) is 11.8 Å². The minimum absolute atomic E-state index is 0.216. The van der Waals surface area contributed by atoms with E-state index in [2.05, 4.69) is 12.1 Å². The quantitative estimate of drug-likeness (QED) is 0.233. The largest absolute Gasteiger partial charge is 0.461 e. The molecule has 0 aromatic heterocycles. The van der Waals surface area contributed by atoms with Gasteiger partial charge in [0.05, 0.1) is 0 Å². The van der Waals surface area contributed by atoms with Gasteiger partial charge in [-0.1, -0.05) is 56.3 Å². The first-order chi connectivity index (χ1) is 16.1. The van der Waals surface area contributed by atoms with E-state index >= 15 is 0 Å². The van der Waals surface area contributed by atoms with Gasteiger partial charge in [-0.3, -0.25) is 19.3 Å². The summed E-state index contributed by atoms with van der Waals surface area (Å²) in [4.78, 5) is 38.7. The molecule has 0 radical (unpaired) electrons. The van der Waals surface area contributed by atoms with Crippen LogP contribution in [-0.4, -0.2) is 67.5 Å². The normalized spacial score (nSPS) is 16.1. The first-order valence-electron chi connectivity index (χ1n) is 11.7. The number of amides is 1. The number of carbonyl (C=O) groups is 3. The molecule has 1 amide bonds. The molecular formula is C27H40N2O5. The molecule has 1 rings (SSSR count). The maximum atomic E-state index is 12.8. The van der Waals surface area contributed by atoms with Gasteiger partial charge in [-0.15, -0.1) is 0 Å². The zero-order chi connectivity index (χ0) is 25.7. The standard InChI is InChI=1S/C27H40N2O5/c1-20(17-18-29(7)19-30)26(33-23(4)31)21(2)25(34-27(32)22(3)28(5)6)16-12-11-15-24-13-9-8-10-14-24/h8-10,12-14,16-22,25-26H,11,15H2,1-7H3/b16-12+,18-17+/t20-,21+,22+,25-,26-/m1/s1. The lowest BCUT2D eigenvalue weighted by molar-refractivity contribution is -0.161. The molecule has 0 bridgehead atoms. The number of nitrogens with zero attached hydrogens (tertiary/aromatic N) is 2. The summed E-state index contributed by atoms with van der Waals surface area (Å²) in [6.07, 6.45) is 8.53. The van der Waals surface area contributed by atoms with E-state index in [0.717, 1.165) is 12.8 Å². The molecular weight excluding hydrogens is 432 g/mol. The van der Waals surface area contributed by atoms with Crippen molar-refractivity contribution in [3.05, 3.63) is 60.3 Å². The Kier molecular flexibility index (Phi) is 12.9. The molecule has 0 aliphatic rings. The lowest BCUT2D eigenvalue weighted by Gasteiger charge is -2.32. The van der Waals surface area contributed by atoms with Gasteiger partial charge in [0.15, 0.2) is 0 Å². The molecule has 0 fully saturated rings. The van der Waals surface area contributed by atoms with Crippen LogP contribution in [0.2, 0.25) is 0 Å². The summed E-state index contributed by atoms with van der Waals surface area (Å²) in [5.74, 6) is -1.30. The Balaban J connectivity index is 3.10. The van der Waals surface area contributed by atoms with Gasteiger partial charge in [0.25, 0.3) is 0 Å². The molecule has 0 N–H and O–H groups in total. The summed E-state index contributed by atoms with van der Waals surface area (Å²) < 4.78 is 11.6. The molecule has 0 aliphatic carbocycles. The summed E-state index contributed by atoms with van der Waals surface area (Å²) in [6, 6.07) is 9.74. The molecule has 5 atom stereocenters. The summed E-state index contributed by atoms with van der Waals surface area (Å²) in [6.45, 7) is 6.95. The van der Waals surface area contributed by atoms with Gasteiger partial charge >= 0.3 is 11.9 Å². The number of likely N-dealkylation sites (N-methyl/N-ethyl adjacent to an activating group) is 1. The molecule has 1 aromatic rings. The summed E-state index contributed by atoms with van der Waals surface area (Å²) >= 11 is 0. The van der Waals surface area contributed by atoms with E-state index in [4.69, 9.17) is 9.47 Å². The van der Waals surface area contributed by atoms with Crippen LogP contribution in [0.15, 0.2) is 54.8 Å². The average Bonchev–Trinajstić information content (AvgIpc) is 2.81. The summed E-state index contributed by atoms with van der Waals surface area (Å²) in [5, 5.41) is 0. The molecule has 34 heavy (non-hydrogen) atoms.